The van der Waals surface area contributed by atoms with Gasteiger partial charge in [-0.3, -0.25) is 0 Å². The van der Waals surface area contributed by atoms with Crippen molar-refractivity contribution in [1.82, 2.24) is 4.72 Å². The summed E-state index contributed by atoms with van der Waals surface area (Å²) < 4.78 is 25.2. The quantitative estimate of drug-likeness (QED) is 0.649. The van der Waals surface area contributed by atoms with Gasteiger partial charge in [0.25, 0.3) is 0 Å². The van der Waals surface area contributed by atoms with Gasteiger partial charge in [0.05, 0.1) is 18.7 Å². The number of unbranched alkanes of at least 4 members (excludes halogenated alkanes) is 2. The lowest BCUT2D eigenvalue weighted by Gasteiger charge is -2.26. The number of sulfonamides is 1. The zero-order valence-corrected chi connectivity index (χ0v) is 11.9. The summed E-state index contributed by atoms with van der Waals surface area (Å²) in [6.07, 6.45) is 3.68. The van der Waals surface area contributed by atoms with Crippen LogP contribution in [0.25, 0.3) is 0 Å². The van der Waals surface area contributed by atoms with Crippen molar-refractivity contribution in [1.29, 1.82) is 10.5 Å². The monoisotopic (exact) mass is 271 g/mol. The first kappa shape index (κ1) is 16.9. The van der Waals surface area contributed by atoms with Gasteiger partial charge in [-0.05, 0) is 12.8 Å². The van der Waals surface area contributed by atoms with Crippen LogP contribution < -0.4 is 4.72 Å². The predicted octanol–water partition coefficient (Wildman–Crippen LogP) is 2.07. The molecule has 0 saturated heterocycles. The Hall–Kier alpha value is -1.11. The van der Waals surface area contributed by atoms with Crippen LogP contribution in [0.3, 0.4) is 0 Å². The van der Waals surface area contributed by atoms with E-state index in [9.17, 15) is 13.7 Å². The summed E-state index contributed by atoms with van der Waals surface area (Å²) in [5.41, 5.74) is 0. The van der Waals surface area contributed by atoms with Crippen LogP contribution in [0.2, 0.25) is 0 Å². The van der Waals surface area contributed by atoms with Gasteiger partial charge in [-0.2, -0.15) is 15.2 Å². The first-order valence-electron chi connectivity index (χ1n) is 6.27. The molecule has 0 rings (SSSR count). The lowest BCUT2D eigenvalue weighted by Crippen LogP contribution is -2.45. The molecule has 0 aliphatic heterocycles. The molecule has 0 bridgehead atoms. The number of nitrogens with zero attached hydrogens (tertiary/aromatic N) is 2. The molecule has 0 aliphatic carbocycles. The van der Waals surface area contributed by atoms with E-state index < -0.39 is 14.8 Å². The van der Waals surface area contributed by atoms with E-state index in [4.69, 9.17) is 5.26 Å². The van der Waals surface area contributed by atoms with E-state index in [1.807, 2.05) is 19.9 Å². The van der Waals surface area contributed by atoms with Gasteiger partial charge in [0, 0.05) is 0 Å². The molecule has 18 heavy (non-hydrogen) atoms. The van der Waals surface area contributed by atoms with Crippen LogP contribution in [-0.2, 0) is 10.0 Å². The fourth-order valence-electron chi connectivity index (χ4n) is 1.76. The Labute approximate surface area is 110 Å². The maximum absolute atomic E-state index is 12.2. The van der Waals surface area contributed by atoms with E-state index in [1.165, 1.54) is 0 Å². The first-order valence-corrected chi connectivity index (χ1v) is 7.75. The minimum atomic E-state index is -3.77. The van der Waals surface area contributed by atoms with Crippen molar-refractivity contribution in [2.24, 2.45) is 0 Å². The predicted molar refractivity (Wildman–Crippen MR) is 69.9 cm³/mol. The number of rotatable bonds is 9. The Kier molecular flexibility index (Phi) is 7.58. The molecule has 0 radical (unpaired) electrons. The van der Waals surface area contributed by atoms with Crippen molar-refractivity contribution >= 4 is 10.0 Å². The van der Waals surface area contributed by atoms with E-state index in [0.29, 0.717) is 25.7 Å². The maximum atomic E-state index is 12.2. The van der Waals surface area contributed by atoms with Crippen LogP contribution in [0, 0.1) is 22.7 Å². The second-order valence-electron chi connectivity index (χ2n) is 4.30. The topological polar surface area (TPSA) is 93.8 Å². The van der Waals surface area contributed by atoms with Crippen LogP contribution in [0.1, 0.15) is 52.4 Å². The largest absolute Gasteiger partial charge is 0.231 e. The molecule has 0 atom stereocenters. The fourth-order valence-corrected chi connectivity index (χ4v) is 3.23. The van der Waals surface area contributed by atoms with Gasteiger partial charge in [-0.1, -0.05) is 39.5 Å². The molecule has 6 heteroatoms. The zero-order chi connectivity index (χ0) is 14.1. The molecule has 0 amide bonds. The van der Waals surface area contributed by atoms with Gasteiger partial charge < -0.3 is 0 Å². The van der Waals surface area contributed by atoms with E-state index >= 15 is 0 Å². The van der Waals surface area contributed by atoms with Crippen LogP contribution in [0.15, 0.2) is 0 Å². The summed E-state index contributed by atoms with van der Waals surface area (Å²) in [6.45, 7) is 3.62. The van der Waals surface area contributed by atoms with Crippen LogP contribution in [0.5, 0.6) is 0 Å². The third kappa shape index (κ3) is 4.29. The summed E-state index contributed by atoms with van der Waals surface area (Å²) >= 11 is 0. The van der Waals surface area contributed by atoms with Crippen molar-refractivity contribution in [2.75, 3.05) is 6.54 Å². The van der Waals surface area contributed by atoms with E-state index in [2.05, 4.69) is 4.72 Å². The van der Waals surface area contributed by atoms with E-state index in [0.717, 1.165) is 12.8 Å². The second kappa shape index (κ2) is 8.07. The fraction of sp³-hybridized carbons (Fsp3) is 0.833. The molecule has 102 valence electrons. The van der Waals surface area contributed by atoms with Crippen molar-refractivity contribution in [3.63, 3.8) is 0 Å². The highest BCUT2D eigenvalue weighted by atomic mass is 32.2. The molecule has 0 aromatic carbocycles. The molecule has 0 aromatic rings. The van der Waals surface area contributed by atoms with Crippen molar-refractivity contribution in [3.8, 4) is 12.1 Å². The van der Waals surface area contributed by atoms with E-state index in [-0.39, 0.29) is 6.54 Å². The smallest absolute Gasteiger partial charge is 0.211 e. The molecule has 0 fully saturated rings. The lowest BCUT2D eigenvalue weighted by atomic mass is 9.96. The Morgan fingerprint density at radius 3 is 1.94 bits per heavy atom. The minimum Gasteiger partial charge on any atom is -0.211 e. The van der Waals surface area contributed by atoms with E-state index in [1.54, 1.807) is 6.07 Å². The molecule has 0 saturated carbocycles. The highest BCUT2D eigenvalue weighted by Crippen LogP contribution is 2.29. The summed E-state index contributed by atoms with van der Waals surface area (Å²) in [5, 5.41) is 17.8. The minimum absolute atomic E-state index is 0.288. The van der Waals surface area contributed by atoms with Crippen molar-refractivity contribution in [3.05, 3.63) is 0 Å². The molecular weight excluding hydrogens is 250 g/mol. The first-order chi connectivity index (χ1) is 8.49. The van der Waals surface area contributed by atoms with Crippen LogP contribution in [0.4, 0.5) is 0 Å². The summed E-state index contributed by atoms with van der Waals surface area (Å²) in [5.74, 6) is 0. The number of nitriles is 2. The van der Waals surface area contributed by atoms with Gasteiger partial charge in [0.1, 0.15) is 0 Å². The standard InChI is InChI=1S/C12H21N3O2S/c1-3-5-7-12(11-14,8-6-4-2)18(16,17)15-10-9-13/h15H,3-8,10H2,1-2H3. The third-order valence-corrected chi connectivity index (χ3v) is 4.98. The van der Waals surface area contributed by atoms with Crippen LogP contribution in [-0.4, -0.2) is 19.7 Å². The van der Waals surface area contributed by atoms with Crippen LogP contribution >= 0.6 is 0 Å². The third-order valence-electron chi connectivity index (χ3n) is 2.93. The summed E-state index contributed by atoms with van der Waals surface area (Å²) in [4.78, 5) is 0. The normalized spacial score (nSPS) is 11.8. The Balaban J connectivity index is 5.16. The van der Waals surface area contributed by atoms with Gasteiger partial charge >= 0.3 is 0 Å². The molecule has 0 heterocycles. The van der Waals surface area contributed by atoms with Gasteiger partial charge in [-0.25, -0.2) is 8.42 Å². The van der Waals surface area contributed by atoms with Crippen molar-refractivity contribution in [2.45, 2.75) is 57.1 Å². The van der Waals surface area contributed by atoms with Crippen molar-refractivity contribution < 1.29 is 8.42 Å². The molecule has 0 unspecified atom stereocenters. The molecular formula is C12H21N3O2S. The Bertz CT molecular complexity index is 410. The maximum Gasteiger partial charge on any atom is 0.231 e. The average Bonchev–Trinajstić information content (AvgIpc) is 2.37. The Morgan fingerprint density at radius 2 is 1.61 bits per heavy atom. The van der Waals surface area contributed by atoms with Gasteiger partial charge in [-0.15, -0.1) is 0 Å². The summed E-state index contributed by atoms with van der Waals surface area (Å²) in [6, 6.07) is 3.71. The van der Waals surface area contributed by atoms with Gasteiger partial charge in [0.15, 0.2) is 4.75 Å². The molecule has 0 aliphatic rings. The molecule has 0 aromatic heterocycles. The second-order valence-corrected chi connectivity index (χ2v) is 6.37. The average molecular weight is 271 g/mol. The molecule has 1 N–H and O–H groups in total. The molecule has 0 spiro atoms. The highest BCUT2D eigenvalue weighted by molar-refractivity contribution is 7.91. The number of nitrogens with one attached hydrogen (secondary N) is 1. The zero-order valence-electron chi connectivity index (χ0n) is 11.1. The number of hydrogen-bond acceptors (Lipinski definition) is 4. The summed E-state index contributed by atoms with van der Waals surface area (Å²) in [7, 11) is -3.77. The highest BCUT2D eigenvalue weighted by Gasteiger charge is 2.42. The Morgan fingerprint density at radius 1 is 1.11 bits per heavy atom. The lowest BCUT2D eigenvalue weighted by molar-refractivity contribution is 0.483. The van der Waals surface area contributed by atoms with Gasteiger partial charge in [0.2, 0.25) is 10.0 Å². The molecule has 5 nitrogen and oxygen atoms in total. The number of hydrogen-bond donors (Lipinski definition) is 1. The SMILES string of the molecule is CCCCC(C#N)(CCCC)S(=O)(=O)NCC#N.